The van der Waals surface area contributed by atoms with Gasteiger partial charge in [0, 0.05) is 37.3 Å². The quantitative estimate of drug-likeness (QED) is 0.109. The number of nitrogens with one attached hydrogen (secondary N) is 2. The van der Waals surface area contributed by atoms with E-state index in [9.17, 15) is 9.90 Å². The number of anilines is 1. The zero-order valence-electron chi connectivity index (χ0n) is 28.2. The third-order valence-electron chi connectivity index (χ3n) is 8.53. The van der Waals surface area contributed by atoms with Crippen LogP contribution in [0.3, 0.4) is 0 Å². The van der Waals surface area contributed by atoms with E-state index in [1.54, 1.807) is 0 Å². The zero-order chi connectivity index (χ0) is 34.7. The van der Waals surface area contributed by atoms with Crippen LogP contribution in [0.25, 0.3) is 11.1 Å². The van der Waals surface area contributed by atoms with Crippen LogP contribution in [-0.4, -0.2) is 42.3 Å². The summed E-state index contributed by atoms with van der Waals surface area (Å²) in [6.07, 6.45) is 1.84. The third-order valence-corrected chi connectivity index (χ3v) is 8.53. The molecule has 0 saturated carbocycles. The summed E-state index contributed by atoms with van der Waals surface area (Å²) < 4.78 is 19.0. The van der Waals surface area contributed by atoms with Crippen molar-refractivity contribution in [3.63, 3.8) is 0 Å². The number of hydrogen-bond acceptors (Lipinski definition) is 6. The van der Waals surface area contributed by atoms with Crippen molar-refractivity contribution in [2.75, 3.05) is 25.5 Å². The topological polar surface area (TPSA) is 92.3 Å². The van der Waals surface area contributed by atoms with Crippen LogP contribution in [0.15, 0.2) is 140 Å². The molecule has 3 atom stereocenters. The maximum Gasteiger partial charge on any atom is 0.319 e. The van der Waals surface area contributed by atoms with Crippen molar-refractivity contribution >= 4 is 11.7 Å². The number of hydrogen-bond donors (Lipinski definition) is 3. The molecule has 3 N–H and O–H groups in total. The summed E-state index contributed by atoms with van der Waals surface area (Å²) in [5.41, 5.74) is 6.53. The lowest BCUT2D eigenvalue weighted by atomic mass is 9.98. The van der Waals surface area contributed by atoms with E-state index in [4.69, 9.17) is 14.2 Å². The van der Waals surface area contributed by atoms with Gasteiger partial charge in [-0.05, 0) is 83.4 Å². The standard InChI is InChI=1S/C42H43N3O5/c1-3-23-45(2)28-39-26-40(32-17-15-30(29-46)16-18-32)50-41(49-39)35-12-8-11-34(25-35)33-10-7-9-31(24-33)27-43-42(47)44-36-19-21-38(22-20-36)48-37-13-5-4-6-14-37/h3-22,24-25,39-41,46H,1,23,26-29H2,2H3,(H2,43,44,47)/t39-,40+,41+/m1/s1. The van der Waals surface area contributed by atoms with Crippen molar-refractivity contribution in [1.82, 2.24) is 10.2 Å². The number of aliphatic hydroxyl groups excluding tert-OH is 1. The first-order valence-electron chi connectivity index (χ1n) is 16.8. The number of carbonyl (C=O) groups is 1. The van der Waals surface area contributed by atoms with Gasteiger partial charge in [-0.1, -0.05) is 84.9 Å². The van der Waals surface area contributed by atoms with E-state index in [1.165, 1.54) is 0 Å². The molecule has 50 heavy (non-hydrogen) atoms. The van der Waals surface area contributed by atoms with Crippen molar-refractivity contribution in [2.24, 2.45) is 0 Å². The Labute approximate surface area is 293 Å². The summed E-state index contributed by atoms with van der Waals surface area (Å²) in [7, 11) is 2.06. The normalized spacial score (nSPS) is 17.2. The first-order chi connectivity index (χ1) is 24.4. The Kier molecular flexibility index (Phi) is 11.7. The largest absolute Gasteiger partial charge is 0.457 e. The Balaban J connectivity index is 1.10. The number of carbonyl (C=O) groups excluding carboxylic acids is 1. The minimum atomic E-state index is -0.555. The van der Waals surface area contributed by atoms with E-state index in [0.29, 0.717) is 24.4 Å². The number of ether oxygens (including phenoxy) is 3. The molecule has 0 bridgehead atoms. The number of aliphatic hydroxyl groups is 1. The van der Waals surface area contributed by atoms with Crippen molar-refractivity contribution in [3.05, 3.63) is 162 Å². The fourth-order valence-corrected chi connectivity index (χ4v) is 5.99. The molecular formula is C42H43N3O5. The molecule has 5 aromatic rings. The lowest BCUT2D eigenvalue weighted by molar-refractivity contribution is -0.252. The summed E-state index contributed by atoms with van der Waals surface area (Å²) in [5.74, 6) is 1.44. The molecule has 6 rings (SSSR count). The Morgan fingerprint density at radius 1 is 0.840 bits per heavy atom. The van der Waals surface area contributed by atoms with Gasteiger partial charge in [0.15, 0.2) is 6.29 Å². The molecule has 8 heteroatoms. The Hall–Kier alpha value is -5.25. The monoisotopic (exact) mass is 669 g/mol. The van der Waals surface area contributed by atoms with Crippen LogP contribution in [0, 0.1) is 0 Å². The highest BCUT2D eigenvalue weighted by Crippen LogP contribution is 2.39. The van der Waals surface area contributed by atoms with Gasteiger partial charge in [-0.25, -0.2) is 4.79 Å². The van der Waals surface area contributed by atoms with Crippen LogP contribution in [-0.2, 0) is 22.6 Å². The van der Waals surface area contributed by atoms with E-state index < -0.39 is 6.29 Å². The summed E-state index contributed by atoms with van der Waals surface area (Å²) in [6, 6.07) is 40.8. The molecule has 0 radical (unpaired) electrons. The fourth-order valence-electron chi connectivity index (χ4n) is 5.99. The van der Waals surface area contributed by atoms with Gasteiger partial charge in [0.1, 0.15) is 11.5 Å². The van der Waals surface area contributed by atoms with Crippen LogP contribution in [0.5, 0.6) is 11.5 Å². The summed E-state index contributed by atoms with van der Waals surface area (Å²) in [6.45, 7) is 5.75. The van der Waals surface area contributed by atoms with Gasteiger partial charge in [-0.3, -0.25) is 0 Å². The molecule has 0 spiro atoms. The van der Waals surface area contributed by atoms with Crippen molar-refractivity contribution < 1.29 is 24.1 Å². The summed E-state index contributed by atoms with van der Waals surface area (Å²) in [4.78, 5) is 14.9. The molecule has 5 aromatic carbocycles. The van der Waals surface area contributed by atoms with Crippen LogP contribution >= 0.6 is 0 Å². The van der Waals surface area contributed by atoms with E-state index >= 15 is 0 Å². The molecular weight excluding hydrogens is 626 g/mol. The number of benzene rings is 5. The van der Waals surface area contributed by atoms with Crippen LogP contribution in [0.2, 0.25) is 0 Å². The molecule has 1 aliphatic rings. The van der Waals surface area contributed by atoms with Gasteiger partial charge < -0.3 is 34.9 Å². The maximum absolute atomic E-state index is 12.7. The predicted octanol–water partition coefficient (Wildman–Crippen LogP) is 8.62. The molecule has 1 aliphatic heterocycles. The Morgan fingerprint density at radius 3 is 2.30 bits per heavy atom. The highest BCUT2D eigenvalue weighted by atomic mass is 16.7. The maximum atomic E-state index is 12.7. The van der Waals surface area contributed by atoms with Gasteiger partial charge in [0.2, 0.25) is 0 Å². The zero-order valence-corrected chi connectivity index (χ0v) is 28.2. The smallest absolute Gasteiger partial charge is 0.319 e. The second-order valence-corrected chi connectivity index (χ2v) is 12.4. The number of para-hydroxylation sites is 1. The minimum absolute atomic E-state index is 0.00421. The third kappa shape index (κ3) is 9.46. The molecule has 1 fully saturated rings. The summed E-state index contributed by atoms with van der Waals surface area (Å²) in [5, 5.41) is 15.4. The minimum Gasteiger partial charge on any atom is -0.457 e. The highest BCUT2D eigenvalue weighted by Gasteiger charge is 2.32. The average molecular weight is 670 g/mol. The molecule has 0 unspecified atom stereocenters. The lowest BCUT2D eigenvalue weighted by Gasteiger charge is -2.37. The number of urea groups is 1. The van der Waals surface area contributed by atoms with E-state index in [0.717, 1.165) is 52.2 Å². The van der Waals surface area contributed by atoms with E-state index in [-0.39, 0.29) is 24.8 Å². The molecule has 0 aromatic heterocycles. The van der Waals surface area contributed by atoms with Gasteiger partial charge in [-0.2, -0.15) is 0 Å². The predicted molar refractivity (Wildman–Crippen MR) is 197 cm³/mol. The molecule has 2 amide bonds. The molecule has 1 heterocycles. The summed E-state index contributed by atoms with van der Waals surface area (Å²) >= 11 is 0. The number of amides is 2. The van der Waals surface area contributed by atoms with Gasteiger partial charge in [0.05, 0.1) is 18.8 Å². The van der Waals surface area contributed by atoms with Crippen LogP contribution < -0.4 is 15.4 Å². The van der Waals surface area contributed by atoms with Crippen molar-refractivity contribution in [2.45, 2.75) is 38.1 Å². The first-order valence-corrected chi connectivity index (χ1v) is 16.8. The Morgan fingerprint density at radius 2 is 1.56 bits per heavy atom. The lowest BCUT2D eigenvalue weighted by Crippen LogP contribution is -2.37. The van der Waals surface area contributed by atoms with E-state index in [2.05, 4.69) is 53.4 Å². The molecule has 256 valence electrons. The molecule has 8 nitrogen and oxygen atoms in total. The highest BCUT2D eigenvalue weighted by molar-refractivity contribution is 5.89. The van der Waals surface area contributed by atoms with Crippen LogP contribution in [0.1, 0.15) is 41.1 Å². The molecule has 1 saturated heterocycles. The van der Waals surface area contributed by atoms with Gasteiger partial charge >= 0.3 is 6.03 Å². The second kappa shape index (κ2) is 16.9. The van der Waals surface area contributed by atoms with Gasteiger partial charge in [-0.15, -0.1) is 6.58 Å². The van der Waals surface area contributed by atoms with E-state index in [1.807, 2.05) is 109 Å². The number of likely N-dealkylation sites (N-methyl/N-ethyl adjacent to an activating group) is 1. The fraction of sp³-hybridized carbons (Fsp3) is 0.214. The van der Waals surface area contributed by atoms with Crippen LogP contribution in [0.4, 0.5) is 10.5 Å². The average Bonchev–Trinajstić information content (AvgIpc) is 3.15. The second-order valence-electron chi connectivity index (χ2n) is 12.4. The number of rotatable bonds is 13. The molecule has 0 aliphatic carbocycles. The SMILES string of the molecule is C=CCN(C)C[C@H]1C[C@@H](c2ccc(CO)cc2)O[C@@H](c2cccc(-c3cccc(CNC(=O)Nc4ccc(Oc5ccccc5)cc4)c3)c2)O1. The first kappa shape index (κ1) is 34.6. The number of nitrogens with zero attached hydrogens (tertiary/aromatic N) is 1. The van der Waals surface area contributed by atoms with Crippen molar-refractivity contribution in [3.8, 4) is 22.6 Å². The van der Waals surface area contributed by atoms with Gasteiger partial charge in [0.25, 0.3) is 0 Å². The Bertz CT molecular complexity index is 1850. The van der Waals surface area contributed by atoms with Crippen molar-refractivity contribution in [1.29, 1.82) is 0 Å².